The molecule has 0 unspecified atom stereocenters. The molecular formula is C21H33NO4. The van der Waals surface area contributed by atoms with Crippen molar-refractivity contribution in [1.29, 1.82) is 0 Å². The minimum atomic E-state index is -0.269. The van der Waals surface area contributed by atoms with Gasteiger partial charge in [0.15, 0.2) is 6.61 Å². The van der Waals surface area contributed by atoms with Gasteiger partial charge < -0.3 is 14.4 Å². The Morgan fingerprint density at radius 3 is 2.31 bits per heavy atom. The van der Waals surface area contributed by atoms with Crippen molar-refractivity contribution in [2.75, 3.05) is 26.3 Å². The maximum atomic E-state index is 12.5. The van der Waals surface area contributed by atoms with Crippen LogP contribution in [0.1, 0.15) is 58.4 Å². The van der Waals surface area contributed by atoms with E-state index in [0.29, 0.717) is 25.4 Å². The van der Waals surface area contributed by atoms with E-state index >= 15 is 0 Å². The standard InChI is InChI=1S/C21H33NO4/c1-4-7-8-9-15-22(16-14-21(24)25-6-3)20(23)17-26-19-12-10-18(5-2)11-13-19/h10-13H,4-9,14-17H2,1-3H3. The molecule has 0 saturated heterocycles. The van der Waals surface area contributed by atoms with E-state index in [1.54, 1.807) is 11.8 Å². The van der Waals surface area contributed by atoms with E-state index in [1.165, 1.54) is 5.56 Å². The van der Waals surface area contributed by atoms with Crippen LogP contribution in [-0.2, 0) is 20.7 Å². The fourth-order valence-electron chi connectivity index (χ4n) is 2.61. The van der Waals surface area contributed by atoms with Crippen LogP contribution in [0.2, 0.25) is 0 Å². The Bertz CT molecular complexity index is 527. The van der Waals surface area contributed by atoms with Gasteiger partial charge in [0.05, 0.1) is 13.0 Å². The molecule has 1 amide bonds. The van der Waals surface area contributed by atoms with E-state index in [0.717, 1.165) is 32.1 Å². The smallest absolute Gasteiger partial charge is 0.307 e. The summed E-state index contributed by atoms with van der Waals surface area (Å²) >= 11 is 0. The van der Waals surface area contributed by atoms with Crippen molar-refractivity contribution in [3.63, 3.8) is 0 Å². The summed E-state index contributed by atoms with van der Waals surface area (Å²) in [6.07, 6.45) is 5.51. The molecule has 0 fully saturated rings. The van der Waals surface area contributed by atoms with Crippen LogP contribution in [-0.4, -0.2) is 43.1 Å². The van der Waals surface area contributed by atoms with Crippen LogP contribution >= 0.6 is 0 Å². The van der Waals surface area contributed by atoms with Gasteiger partial charge in [-0.1, -0.05) is 45.2 Å². The number of hydrogen-bond donors (Lipinski definition) is 0. The maximum Gasteiger partial charge on any atom is 0.307 e. The lowest BCUT2D eigenvalue weighted by Crippen LogP contribution is -2.37. The van der Waals surface area contributed by atoms with E-state index in [2.05, 4.69) is 13.8 Å². The molecular weight excluding hydrogens is 330 g/mol. The minimum absolute atomic E-state index is 0.0118. The molecule has 0 aromatic heterocycles. The molecule has 1 aromatic carbocycles. The molecule has 0 heterocycles. The van der Waals surface area contributed by atoms with Gasteiger partial charge in [-0.25, -0.2) is 0 Å². The molecule has 1 aromatic rings. The SMILES string of the molecule is CCCCCCN(CCC(=O)OCC)C(=O)COc1ccc(CC)cc1. The van der Waals surface area contributed by atoms with Crippen molar-refractivity contribution in [3.05, 3.63) is 29.8 Å². The minimum Gasteiger partial charge on any atom is -0.484 e. The summed E-state index contributed by atoms with van der Waals surface area (Å²) in [7, 11) is 0. The molecule has 0 aliphatic heterocycles. The molecule has 0 aliphatic carbocycles. The lowest BCUT2D eigenvalue weighted by Gasteiger charge is -2.22. The van der Waals surface area contributed by atoms with Crippen molar-refractivity contribution >= 4 is 11.9 Å². The Hall–Kier alpha value is -2.04. The first-order valence-electron chi connectivity index (χ1n) is 9.75. The molecule has 26 heavy (non-hydrogen) atoms. The number of benzene rings is 1. The van der Waals surface area contributed by atoms with Crippen molar-refractivity contribution in [3.8, 4) is 5.75 Å². The molecule has 0 saturated carbocycles. The predicted molar refractivity (Wildman–Crippen MR) is 103 cm³/mol. The lowest BCUT2D eigenvalue weighted by atomic mass is 10.2. The lowest BCUT2D eigenvalue weighted by molar-refractivity contribution is -0.144. The number of nitrogens with zero attached hydrogens (tertiary/aromatic N) is 1. The Morgan fingerprint density at radius 1 is 0.962 bits per heavy atom. The molecule has 0 atom stereocenters. The second-order valence-corrected chi connectivity index (χ2v) is 6.28. The highest BCUT2D eigenvalue weighted by Crippen LogP contribution is 2.13. The fraction of sp³-hybridized carbons (Fsp3) is 0.619. The number of esters is 1. The number of rotatable bonds is 13. The van der Waals surface area contributed by atoms with Crippen molar-refractivity contribution in [2.45, 2.75) is 59.3 Å². The van der Waals surface area contributed by atoms with Crippen LogP contribution in [0.15, 0.2) is 24.3 Å². The monoisotopic (exact) mass is 363 g/mol. The topological polar surface area (TPSA) is 55.8 Å². The summed E-state index contributed by atoms with van der Waals surface area (Å²) < 4.78 is 10.6. The fourth-order valence-corrected chi connectivity index (χ4v) is 2.61. The van der Waals surface area contributed by atoms with Crippen LogP contribution in [0, 0.1) is 0 Å². The Morgan fingerprint density at radius 2 is 1.69 bits per heavy atom. The summed E-state index contributed by atoms with van der Waals surface area (Å²) in [6, 6.07) is 7.78. The number of aryl methyl sites for hydroxylation is 1. The second-order valence-electron chi connectivity index (χ2n) is 6.28. The molecule has 0 radical (unpaired) electrons. The third kappa shape index (κ3) is 8.88. The van der Waals surface area contributed by atoms with Crippen molar-refractivity contribution in [2.24, 2.45) is 0 Å². The number of unbranched alkanes of at least 4 members (excludes halogenated alkanes) is 3. The number of carbonyl (C=O) groups excluding carboxylic acids is 2. The van der Waals surface area contributed by atoms with E-state index in [-0.39, 0.29) is 24.9 Å². The first kappa shape index (κ1) is 22.0. The van der Waals surface area contributed by atoms with Gasteiger partial charge in [0.2, 0.25) is 0 Å². The summed E-state index contributed by atoms with van der Waals surface area (Å²) in [5.74, 6) is 0.326. The Kier molecular flexibility index (Phi) is 11.2. The van der Waals surface area contributed by atoms with Gasteiger partial charge in [0.1, 0.15) is 5.75 Å². The van der Waals surface area contributed by atoms with Gasteiger partial charge in [-0.2, -0.15) is 0 Å². The van der Waals surface area contributed by atoms with Crippen LogP contribution in [0.25, 0.3) is 0 Å². The molecule has 0 aliphatic rings. The van der Waals surface area contributed by atoms with Gasteiger partial charge in [0, 0.05) is 13.1 Å². The van der Waals surface area contributed by atoms with E-state index < -0.39 is 0 Å². The largest absolute Gasteiger partial charge is 0.484 e. The highest BCUT2D eigenvalue weighted by Gasteiger charge is 2.16. The molecule has 5 nitrogen and oxygen atoms in total. The summed E-state index contributed by atoms with van der Waals surface area (Å²) in [4.78, 5) is 25.8. The first-order valence-corrected chi connectivity index (χ1v) is 9.75. The predicted octanol–water partition coefficient (Wildman–Crippen LogP) is 3.99. The molecule has 0 bridgehead atoms. The molecule has 0 N–H and O–H groups in total. The first-order chi connectivity index (χ1) is 12.6. The number of amides is 1. The zero-order valence-corrected chi connectivity index (χ0v) is 16.5. The highest BCUT2D eigenvalue weighted by atomic mass is 16.5. The van der Waals surface area contributed by atoms with Crippen LogP contribution in [0.3, 0.4) is 0 Å². The maximum absolute atomic E-state index is 12.5. The van der Waals surface area contributed by atoms with Crippen molar-refractivity contribution < 1.29 is 19.1 Å². The number of hydrogen-bond acceptors (Lipinski definition) is 4. The van der Waals surface area contributed by atoms with Gasteiger partial charge in [-0.15, -0.1) is 0 Å². The second kappa shape index (κ2) is 13.2. The average Bonchev–Trinajstić information content (AvgIpc) is 2.66. The Balaban J connectivity index is 2.52. The molecule has 0 spiro atoms. The van der Waals surface area contributed by atoms with Gasteiger partial charge in [0.25, 0.3) is 5.91 Å². The third-order valence-electron chi connectivity index (χ3n) is 4.22. The highest BCUT2D eigenvalue weighted by molar-refractivity contribution is 5.78. The van der Waals surface area contributed by atoms with E-state index in [4.69, 9.17) is 9.47 Å². The van der Waals surface area contributed by atoms with E-state index in [1.807, 2.05) is 24.3 Å². The summed E-state index contributed by atoms with van der Waals surface area (Å²) in [5, 5.41) is 0. The molecule has 1 rings (SSSR count). The van der Waals surface area contributed by atoms with Gasteiger partial charge in [-0.3, -0.25) is 9.59 Å². The van der Waals surface area contributed by atoms with Gasteiger partial charge >= 0.3 is 5.97 Å². The van der Waals surface area contributed by atoms with Crippen LogP contribution in [0.4, 0.5) is 0 Å². The van der Waals surface area contributed by atoms with Crippen LogP contribution in [0.5, 0.6) is 5.75 Å². The summed E-state index contributed by atoms with van der Waals surface area (Å²) in [5.41, 5.74) is 1.23. The zero-order chi connectivity index (χ0) is 19.2. The quantitative estimate of drug-likeness (QED) is 0.393. The Labute approximate surface area is 157 Å². The normalized spacial score (nSPS) is 10.4. The number of ether oxygens (including phenoxy) is 2. The third-order valence-corrected chi connectivity index (χ3v) is 4.22. The van der Waals surface area contributed by atoms with Gasteiger partial charge in [-0.05, 0) is 37.5 Å². The summed E-state index contributed by atoms with van der Waals surface area (Å²) in [6.45, 7) is 7.41. The van der Waals surface area contributed by atoms with Crippen molar-refractivity contribution in [1.82, 2.24) is 4.90 Å². The number of carbonyl (C=O) groups is 2. The average molecular weight is 363 g/mol. The van der Waals surface area contributed by atoms with E-state index in [9.17, 15) is 9.59 Å². The molecule has 146 valence electrons. The zero-order valence-electron chi connectivity index (χ0n) is 16.5. The van der Waals surface area contributed by atoms with Crippen LogP contribution < -0.4 is 4.74 Å². The molecule has 5 heteroatoms.